The quantitative estimate of drug-likeness (QED) is 0.610. The Balaban J connectivity index is 0.000000426. The number of fused-ring (bicyclic) bond motifs is 1. The van der Waals surface area contributed by atoms with Gasteiger partial charge in [-0.3, -0.25) is 14.6 Å². The number of nitrogens with zero attached hydrogens (tertiary/aromatic N) is 1. The number of carboxylic acid groups (broad SMARTS) is 3. The fraction of sp³-hybridized carbons (Fsp3) is 0.188. The van der Waals surface area contributed by atoms with E-state index in [-0.39, 0.29) is 0 Å². The predicted molar refractivity (Wildman–Crippen MR) is 86.0 cm³/mol. The van der Waals surface area contributed by atoms with Crippen molar-refractivity contribution in [3.63, 3.8) is 0 Å². The lowest BCUT2D eigenvalue weighted by Crippen LogP contribution is -2.42. The third-order valence-corrected chi connectivity index (χ3v) is 2.80. The smallest absolute Gasteiger partial charge is 0.336 e. The van der Waals surface area contributed by atoms with Crippen LogP contribution in [0.3, 0.4) is 0 Å². The average Bonchev–Trinajstić information content (AvgIpc) is 2.56. The van der Waals surface area contributed by atoms with Crippen LogP contribution in [0.4, 0.5) is 0 Å². The highest BCUT2D eigenvalue weighted by molar-refractivity contribution is 5.88. The molecule has 9 nitrogen and oxygen atoms in total. The Bertz CT molecular complexity index is 649. The zero-order valence-corrected chi connectivity index (χ0v) is 13.0. The molecule has 2 aromatic rings. The lowest BCUT2D eigenvalue weighted by Gasteiger charge is -2.18. The topological polar surface area (TPSA) is 162 Å². The van der Waals surface area contributed by atoms with Crippen LogP contribution in [0.2, 0.25) is 0 Å². The number of hydrogen-bond donors (Lipinski definition) is 4. The first-order valence-electron chi connectivity index (χ1n) is 6.72. The SMILES string of the molecule is C=O.O=C(O)CC(O)(CC(=O)O)C(=O)O.c1ccc2ncccc2c1. The summed E-state index contributed by atoms with van der Waals surface area (Å²) < 4.78 is 0. The molecular weight excluding hydrogens is 334 g/mol. The molecule has 134 valence electrons. The highest BCUT2D eigenvalue weighted by Gasteiger charge is 2.40. The van der Waals surface area contributed by atoms with Crippen molar-refractivity contribution >= 4 is 35.6 Å². The van der Waals surface area contributed by atoms with Gasteiger partial charge in [-0.15, -0.1) is 0 Å². The Morgan fingerprint density at radius 2 is 1.40 bits per heavy atom. The van der Waals surface area contributed by atoms with Crippen molar-refractivity contribution in [1.82, 2.24) is 4.98 Å². The van der Waals surface area contributed by atoms with E-state index in [1.54, 1.807) is 0 Å². The number of aliphatic carboxylic acids is 3. The number of aliphatic hydroxyl groups is 1. The standard InChI is InChI=1S/C9H7N.C6H8O7.CH2O/c1-2-6-9-8(4-1)5-3-7-10-9;7-3(8)1-6(13,5(11)12)2-4(9)10;1-2/h1-7H;13H,1-2H2,(H,7,8)(H,9,10)(H,11,12);1H2. The van der Waals surface area contributed by atoms with Crippen LogP contribution >= 0.6 is 0 Å². The van der Waals surface area contributed by atoms with E-state index < -0.39 is 36.4 Å². The zero-order chi connectivity index (χ0) is 19.5. The molecule has 25 heavy (non-hydrogen) atoms. The van der Waals surface area contributed by atoms with Crippen LogP contribution in [0.25, 0.3) is 10.9 Å². The molecule has 0 unspecified atom stereocenters. The second-order valence-corrected chi connectivity index (χ2v) is 4.67. The summed E-state index contributed by atoms with van der Waals surface area (Å²) in [6.07, 6.45) is -0.481. The summed E-state index contributed by atoms with van der Waals surface area (Å²) in [6, 6.07) is 12.1. The second kappa shape index (κ2) is 10.4. The summed E-state index contributed by atoms with van der Waals surface area (Å²) in [5.74, 6) is -5.02. The van der Waals surface area contributed by atoms with Gasteiger partial charge < -0.3 is 25.2 Å². The van der Waals surface area contributed by atoms with Crippen LogP contribution in [0.15, 0.2) is 42.6 Å². The predicted octanol–water partition coefficient (Wildman–Crippen LogP) is 0.801. The molecule has 4 N–H and O–H groups in total. The maximum Gasteiger partial charge on any atom is 0.336 e. The van der Waals surface area contributed by atoms with Crippen molar-refractivity contribution < 1.29 is 39.6 Å². The maximum absolute atomic E-state index is 10.3. The molecule has 0 radical (unpaired) electrons. The van der Waals surface area contributed by atoms with E-state index in [0.29, 0.717) is 0 Å². The number of carbonyl (C=O) groups is 4. The van der Waals surface area contributed by atoms with E-state index in [9.17, 15) is 14.4 Å². The van der Waals surface area contributed by atoms with Gasteiger partial charge >= 0.3 is 17.9 Å². The van der Waals surface area contributed by atoms with Gasteiger partial charge in [0, 0.05) is 11.6 Å². The summed E-state index contributed by atoms with van der Waals surface area (Å²) in [5, 5.41) is 35.0. The summed E-state index contributed by atoms with van der Waals surface area (Å²) >= 11 is 0. The first-order chi connectivity index (χ1) is 11.7. The van der Waals surface area contributed by atoms with Gasteiger partial charge in [-0.1, -0.05) is 24.3 Å². The van der Waals surface area contributed by atoms with Crippen LogP contribution < -0.4 is 0 Å². The highest BCUT2D eigenvalue weighted by atomic mass is 16.4. The van der Waals surface area contributed by atoms with E-state index >= 15 is 0 Å². The van der Waals surface area contributed by atoms with Gasteiger partial charge in [0.05, 0.1) is 18.4 Å². The number of pyridine rings is 1. The molecule has 0 amide bonds. The van der Waals surface area contributed by atoms with Crippen molar-refractivity contribution in [3.05, 3.63) is 42.6 Å². The first-order valence-corrected chi connectivity index (χ1v) is 6.72. The van der Waals surface area contributed by atoms with Gasteiger partial charge in [0.1, 0.15) is 6.79 Å². The van der Waals surface area contributed by atoms with Gasteiger partial charge in [-0.05, 0) is 12.1 Å². The van der Waals surface area contributed by atoms with Crippen LogP contribution in [0.1, 0.15) is 12.8 Å². The summed E-state index contributed by atoms with van der Waals surface area (Å²) in [6.45, 7) is 2.00. The molecule has 0 saturated carbocycles. The zero-order valence-electron chi connectivity index (χ0n) is 13.0. The Hall–Kier alpha value is -3.33. The highest BCUT2D eigenvalue weighted by Crippen LogP contribution is 2.15. The number of rotatable bonds is 5. The van der Waals surface area contributed by atoms with Crippen molar-refractivity contribution in [2.45, 2.75) is 18.4 Å². The van der Waals surface area contributed by atoms with Gasteiger partial charge in [-0.2, -0.15) is 0 Å². The molecule has 2 rings (SSSR count). The second-order valence-electron chi connectivity index (χ2n) is 4.67. The molecule has 0 bridgehead atoms. The maximum atomic E-state index is 10.3. The van der Waals surface area contributed by atoms with E-state index in [1.807, 2.05) is 37.3 Å². The van der Waals surface area contributed by atoms with Crippen LogP contribution in [-0.4, -0.2) is 55.7 Å². The number of aromatic nitrogens is 1. The fourth-order valence-corrected chi connectivity index (χ4v) is 1.73. The molecule has 1 heterocycles. The molecule has 0 spiro atoms. The summed E-state index contributed by atoms with van der Waals surface area (Å²) in [7, 11) is 0. The van der Waals surface area contributed by atoms with Gasteiger partial charge in [0.2, 0.25) is 0 Å². The molecular formula is C16H17NO8. The van der Waals surface area contributed by atoms with Crippen LogP contribution in [0.5, 0.6) is 0 Å². The molecule has 0 aliphatic rings. The summed E-state index contributed by atoms with van der Waals surface area (Å²) in [4.78, 5) is 42.7. The van der Waals surface area contributed by atoms with Crippen LogP contribution in [-0.2, 0) is 19.2 Å². The molecule has 0 atom stereocenters. The van der Waals surface area contributed by atoms with Crippen molar-refractivity contribution in [2.75, 3.05) is 0 Å². The molecule has 1 aromatic heterocycles. The fourth-order valence-electron chi connectivity index (χ4n) is 1.73. The largest absolute Gasteiger partial charge is 0.481 e. The molecule has 9 heteroatoms. The number of carbonyl (C=O) groups excluding carboxylic acids is 1. The van der Waals surface area contributed by atoms with E-state index in [2.05, 4.69) is 17.1 Å². The molecule has 0 saturated heterocycles. The minimum Gasteiger partial charge on any atom is -0.481 e. The summed E-state index contributed by atoms with van der Waals surface area (Å²) in [5.41, 5.74) is -1.68. The minimum absolute atomic E-state index is 1.06. The number of para-hydroxylation sites is 1. The number of benzene rings is 1. The Morgan fingerprint density at radius 3 is 1.84 bits per heavy atom. The van der Waals surface area contributed by atoms with Gasteiger partial charge in [-0.25, -0.2) is 4.79 Å². The van der Waals surface area contributed by atoms with E-state index in [0.717, 1.165) is 5.52 Å². The third-order valence-electron chi connectivity index (χ3n) is 2.80. The average molecular weight is 351 g/mol. The lowest BCUT2D eigenvalue weighted by atomic mass is 9.96. The van der Waals surface area contributed by atoms with Crippen molar-refractivity contribution in [1.29, 1.82) is 0 Å². The number of hydrogen-bond acceptors (Lipinski definition) is 6. The Kier molecular flexibility index (Phi) is 9.05. The minimum atomic E-state index is -2.74. The van der Waals surface area contributed by atoms with Crippen molar-refractivity contribution in [3.8, 4) is 0 Å². The lowest BCUT2D eigenvalue weighted by molar-refractivity contribution is -0.170. The van der Waals surface area contributed by atoms with Gasteiger partial charge in [0.25, 0.3) is 0 Å². The normalized spacial score (nSPS) is 9.80. The first kappa shape index (κ1) is 21.7. The third kappa shape index (κ3) is 7.66. The molecule has 0 fully saturated rings. The molecule has 1 aromatic carbocycles. The van der Waals surface area contributed by atoms with Crippen LogP contribution in [0, 0.1) is 0 Å². The van der Waals surface area contributed by atoms with Gasteiger partial charge in [0.15, 0.2) is 5.60 Å². The molecule has 0 aliphatic heterocycles. The van der Waals surface area contributed by atoms with E-state index in [1.165, 1.54) is 5.39 Å². The van der Waals surface area contributed by atoms with Crippen molar-refractivity contribution in [2.24, 2.45) is 0 Å². The molecule has 0 aliphatic carbocycles. The Morgan fingerprint density at radius 1 is 0.920 bits per heavy atom. The monoisotopic (exact) mass is 351 g/mol. The number of carboxylic acids is 3. The van der Waals surface area contributed by atoms with E-state index in [4.69, 9.17) is 25.2 Å². The Labute approximate surface area is 142 Å².